The Kier molecular flexibility index (Phi) is 5.61. The van der Waals surface area contributed by atoms with Crippen molar-refractivity contribution in [2.75, 3.05) is 0 Å². The molecule has 0 spiro atoms. The molecular weight excluding hydrogens is 228 g/mol. The molecule has 1 aromatic rings. The molecule has 0 fully saturated rings. The van der Waals surface area contributed by atoms with E-state index in [0.717, 1.165) is 6.42 Å². The van der Waals surface area contributed by atoms with Crippen molar-refractivity contribution >= 4 is 11.8 Å². The van der Waals surface area contributed by atoms with Crippen LogP contribution >= 0.6 is 11.8 Å². The Labute approximate surface area is 109 Å². The summed E-state index contributed by atoms with van der Waals surface area (Å²) in [5, 5.41) is 12.7. The van der Waals surface area contributed by atoms with Crippen molar-refractivity contribution in [1.29, 1.82) is 0 Å². The van der Waals surface area contributed by atoms with Crippen molar-refractivity contribution in [2.45, 2.75) is 44.5 Å². The maximum absolute atomic E-state index is 9.72. The summed E-state index contributed by atoms with van der Waals surface area (Å²) in [4.78, 5) is 0. The lowest BCUT2D eigenvalue weighted by Gasteiger charge is -2.11. The molecule has 1 rings (SSSR count). The fourth-order valence-corrected chi connectivity index (χ4v) is 1.77. The van der Waals surface area contributed by atoms with Crippen molar-refractivity contribution in [2.24, 2.45) is 0 Å². The highest BCUT2D eigenvalue weighted by atomic mass is 32.2. The third-order valence-electron chi connectivity index (χ3n) is 2.13. The quantitative estimate of drug-likeness (QED) is 0.827. The van der Waals surface area contributed by atoms with Crippen LogP contribution in [0.4, 0.5) is 0 Å². The van der Waals surface area contributed by atoms with E-state index in [2.05, 4.69) is 44.1 Å². The van der Waals surface area contributed by atoms with Gasteiger partial charge >= 0.3 is 0 Å². The molecule has 0 aromatic heterocycles. The molecular formula is C15H20OS. The standard InChI is InChI=1S/C15H20OS/c1-15(2,3)17-12-11-14(16)10-9-13-7-5-4-6-8-13/h4-8,14,16H,9-10H2,1-3H3. The molecule has 1 atom stereocenters. The van der Waals surface area contributed by atoms with Crippen molar-refractivity contribution in [3.05, 3.63) is 35.9 Å². The Morgan fingerprint density at radius 1 is 1.24 bits per heavy atom. The van der Waals surface area contributed by atoms with Crippen LogP contribution in [0.25, 0.3) is 0 Å². The molecule has 1 nitrogen and oxygen atoms in total. The van der Waals surface area contributed by atoms with Gasteiger partial charge in [0.2, 0.25) is 0 Å². The number of benzene rings is 1. The predicted molar refractivity (Wildman–Crippen MR) is 75.9 cm³/mol. The second-order valence-corrected chi connectivity index (χ2v) is 6.63. The predicted octanol–water partition coefficient (Wildman–Crippen LogP) is 3.47. The fraction of sp³-hybridized carbons (Fsp3) is 0.467. The summed E-state index contributed by atoms with van der Waals surface area (Å²) in [7, 11) is 0. The average Bonchev–Trinajstić information content (AvgIpc) is 2.26. The zero-order valence-corrected chi connectivity index (χ0v) is 11.6. The van der Waals surface area contributed by atoms with E-state index in [-0.39, 0.29) is 4.75 Å². The number of thioether (sulfide) groups is 1. The Bertz CT molecular complexity index is 381. The van der Waals surface area contributed by atoms with Crippen LogP contribution in [0.5, 0.6) is 0 Å². The highest BCUT2D eigenvalue weighted by Gasteiger charge is 2.08. The van der Waals surface area contributed by atoms with E-state index in [0.29, 0.717) is 6.42 Å². The van der Waals surface area contributed by atoms with E-state index in [9.17, 15) is 5.11 Å². The van der Waals surface area contributed by atoms with Crippen LogP contribution in [-0.2, 0) is 6.42 Å². The summed E-state index contributed by atoms with van der Waals surface area (Å²) < 4.78 is 0.131. The monoisotopic (exact) mass is 248 g/mol. The van der Waals surface area contributed by atoms with Crippen molar-refractivity contribution in [1.82, 2.24) is 0 Å². The molecule has 1 unspecified atom stereocenters. The minimum Gasteiger partial charge on any atom is -0.380 e. The van der Waals surface area contributed by atoms with Gasteiger partial charge in [-0.1, -0.05) is 68.8 Å². The summed E-state index contributed by atoms with van der Waals surface area (Å²) in [6.07, 6.45) is 1.04. The normalized spacial score (nSPS) is 12.7. The SMILES string of the molecule is CC(C)(C)SC#CC(O)CCc1ccccc1. The first-order valence-electron chi connectivity index (χ1n) is 5.88. The van der Waals surface area contributed by atoms with E-state index < -0.39 is 6.10 Å². The van der Waals surface area contributed by atoms with Crippen LogP contribution in [0, 0.1) is 11.2 Å². The van der Waals surface area contributed by atoms with E-state index >= 15 is 0 Å². The molecule has 0 heterocycles. The van der Waals surface area contributed by atoms with Gasteiger partial charge in [-0.3, -0.25) is 0 Å². The third-order valence-corrected chi connectivity index (χ3v) is 2.96. The van der Waals surface area contributed by atoms with Gasteiger partial charge in [0.05, 0.1) is 0 Å². The van der Waals surface area contributed by atoms with Gasteiger partial charge in [0, 0.05) is 4.75 Å². The molecule has 0 saturated heterocycles. The van der Waals surface area contributed by atoms with Crippen LogP contribution < -0.4 is 0 Å². The highest BCUT2D eigenvalue weighted by molar-refractivity contribution is 8.05. The molecule has 0 radical (unpaired) electrons. The van der Waals surface area contributed by atoms with E-state index in [1.807, 2.05) is 18.2 Å². The number of rotatable bonds is 3. The lowest BCUT2D eigenvalue weighted by molar-refractivity contribution is 0.222. The van der Waals surface area contributed by atoms with E-state index in [1.54, 1.807) is 11.8 Å². The molecule has 1 aromatic carbocycles. The lowest BCUT2D eigenvalue weighted by Crippen LogP contribution is -2.07. The first-order chi connectivity index (χ1) is 7.97. The number of hydrogen-bond acceptors (Lipinski definition) is 2. The topological polar surface area (TPSA) is 20.2 Å². The van der Waals surface area contributed by atoms with E-state index in [1.165, 1.54) is 5.56 Å². The molecule has 1 N–H and O–H groups in total. The molecule has 0 aliphatic rings. The van der Waals surface area contributed by atoms with Gasteiger partial charge in [-0.15, -0.1) is 0 Å². The van der Waals surface area contributed by atoms with Crippen LogP contribution in [0.2, 0.25) is 0 Å². The molecule has 17 heavy (non-hydrogen) atoms. The zero-order valence-electron chi connectivity index (χ0n) is 10.7. The summed E-state index contributed by atoms with van der Waals surface area (Å²) in [6, 6.07) is 10.2. The van der Waals surface area contributed by atoms with Gasteiger partial charge in [0.1, 0.15) is 6.10 Å². The maximum Gasteiger partial charge on any atom is 0.115 e. The molecule has 2 heteroatoms. The minimum atomic E-state index is -0.523. The molecule has 0 aliphatic carbocycles. The van der Waals surface area contributed by atoms with Gasteiger partial charge in [0.25, 0.3) is 0 Å². The largest absolute Gasteiger partial charge is 0.380 e. The van der Waals surface area contributed by atoms with Crippen LogP contribution in [0.1, 0.15) is 32.8 Å². The van der Waals surface area contributed by atoms with Crippen LogP contribution in [0.3, 0.4) is 0 Å². The number of aliphatic hydroxyl groups excluding tert-OH is 1. The van der Waals surface area contributed by atoms with Crippen LogP contribution in [-0.4, -0.2) is 16.0 Å². The Hall–Kier alpha value is -0.910. The van der Waals surface area contributed by atoms with Crippen molar-refractivity contribution < 1.29 is 5.11 Å². The second-order valence-electron chi connectivity index (χ2n) is 5.00. The smallest absolute Gasteiger partial charge is 0.115 e. The zero-order chi connectivity index (χ0) is 12.7. The first kappa shape index (κ1) is 14.2. The van der Waals surface area contributed by atoms with Gasteiger partial charge in [-0.05, 0) is 23.7 Å². The Balaban J connectivity index is 2.33. The average molecular weight is 248 g/mol. The molecule has 0 aliphatic heterocycles. The van der Waals surface area contributed by atoms with Gasteiger partial charge in [-0.25, -0.2) is 0 Å². The number of hydrogen-bond donors (Lipinski definition) is 1. The fourth-order valence-electron chi connectivity index (χ4n) is 1.27. The third kappa shape index (κ3) is 7.10. The minimum absolute atomic E-state index is 0.131. The van der Waals surface area contributed by atoms with E-state index in [4.69, 9.17) is 0 Å². The van der Waals surface area contributed by atoms with Gasteiger partial charge in [-0.2, -0.15) is 0 Å². The van der Waals surface area contributed by atoms with Gasteiger partial charge in [0.15, 0.2) is 0 Å². The highest BCUT2D eigenvalue weighted by Crippen LogP contribution is 2.21. The first-order valence-corrected chi connectivity index (χ1v) is 6.69. The summed E-state index contributed by atoms with van der Waals surface area (Å²) in [5.41, 5.74) is 1.25. The summed E-state index contributed by atoms with van der Waals surface area (Å²) in [5.74, 6) is 2.88. The van der Waals surface area contributed by atoms with Gasteiger partial charge < -0.3 is 5.11 Å². The van der Waals surface area contributed by atoms with Crippen molar-refractivity contribution in [3.8, 4) is 11.2 Å². The summed E-state index contributed by atoms with van der Waals surface area (Å²) in [6.45, 7) is 6.34. The summed E-state index contributed by atoms with van der Waals surface area (Å²) >= 11 is 1.56. The number of aliphatic hydroxyl groups is 1. The van der Waals surface area contributed by atoms with Crippen molar-refractivity contribution in [3.63, 3.8) is 0 Å². The van der Waals surface area contributed by atoms with Crippen LogP contribution in [0.15, 0.2) is 30.3 Å². The molecule has 0 amide bonds. The molecule has 0 saturated carbocycles. The second kappa shape index (κ2) is 6.74. The Morgan fingerprint density at radius 2 is 1.88 bits per heavy atom. The maximum atomic E-state index is 9.72. The lowest BCUT2D eigenvalue weighted by atomic mass is 10.1. The molecule has 92 valence electrons. The molecule has 0 bridgehead atoms. The Morgan fingerprint density at radius 3 is 2.47 bits per heavy atom. The number of aryl methyl sites for hydroxylation is 1.